The molecule has 0 fully saturated rings. The molecule has 100 valence electrons. The van der Waals surface area contributed by atoms with E-state index < -0.39 is 0 Å². The van der Waals surface area contributed by atoms with Gasteiger partial charge < -0.3 is 4.74 Å². The van der Waals surface area contributed by atoms with Crippen LogP contribution in [0.3, 0.4) is 0 Å². The first-order valence-corrected chi connectivity index (χ1v) is 7.47. The summed E-state index contributed by atoms with van der Waals surface area (Å²) in [6, 6.07) is 12.5. The van der Waals surface area contributed by atoms with Crippen LogP contribution in [-0.4, -0.2) is 11.6 Å². The average molecular weight is 320 g/mol. The predicted molar refractivity (Wildman–Crippen MR) is 81.8 cm³/mol. The Morgan fingerprint density at radius 2 is 2.00 bits per heavy atom. The van der Waals surface area contributed by atoms with Crippen LogP contribution in [0.2, 0.25) is 0 Å². The van der Waals surface area contributed by atoms with Crippen LogP contribution in [0, 0.1) is 0 Å². The highest BCUT2D eigenvalue weighted by molar-refractivity contribution is 9.09. The molecule has 0 amide bonds. The second-order valence-corrected chi connectivity index (χ2v) is 5.48. The van der Waals surface area contributed by atoms with Crippen LogP contribution < -0.4 is 4.74 Å². The van der Waals surface area contributed by atoms with E-state index in [0.29, 0.717) is 11.4 Å². The zero-order valence-electron chi connectivity index (χ0n) is 11.1. The molecule has 0 aliphatic heterocycles. The summed E-state index contributed by atoms with van der Waals surface area (Å²) in [6.07, 6.45) is 5.70. The molecule has 0 spiro atoms. The van der Waals surface area contributed by atoms with Crippen molar-refractivity contribution in [2.45, 2.75) is 24.6 Å². The predicted octanol–water partition coefficient (Wildman–Crippen LogP) is 4.55. The van der Waals surface area contributed by atoms with Gasteiger partial charge in [0.1, 0.15) is 5.75 Å². The lowest BCUT2D eigenvalue weighted by molar-refractivity contribution is 0.338. The van der Waals surface area contributed by atoms with Gasteiger partial charge in [0.25, 0.3) is 0 Å². The molecule has 0 bridgehead atoms. The third-order valence-electron chi connectivity index (χ3n) is 2.93. The molecule has 2 aromatic rings. The summed E-state index contributed by atoms with van der Waals surface area (Å²) >= 11 is 3.74. The highest BCUT2D eigenvalue weighted by Gasteiger charge is 2.07. The molecular formula is C16H18BrNO. The number of pyridine rings is 1. The minimum absolute atomic E-state index is 0.379. The van der Waals surface area contributed by atoms with Gasteiger partial charge in [-0.2, -0.15) is 0 Å². The topological polar surface area (TPSA) is 22.1 Å². The Bertz CT molecular complexity index is 501. The van der Waals surface area contributed by atoms with E-state index in [9.17, 15) is 0 Å². The minimum Gasteiger partial charge on any atom is -0.492 e. The van der Waals surface area contributed by atoms with Crippen LogP contribution in [0.4, 0.5) is 0 Å². The van der Waals surface area contributed by atoms with E-state index in [4.69, 9.17) is 4.74 Å². The van der Waals surface area contributed by atoms with Gasteiger partial charge in [-0.25, -0.2) is 0 Å². The summed E-state index contributed by atoms with van der Waals surface area (Å²) in [6.45, 7) is 2.66. The number of halogens is 1. The van der Waals surface area contributed by atoms with Crippen molar-refractivity contribution < 1.29 is 4.74 Å². The van der Waals surface area contributed by atoms with Gasteiger partial charge in [0.2, 0.25) is 0 Å². The average Bonchev–Trinajstić information content (AvgIpc) is 2.46. The zero-order valence-corrected chi connectivity index (χ0v) is 12.6. The van der Waals surface area contributed by atoms with Crippen LogP contribution in [0.5, 0.6) is 5.75 Å². The van der Waals surface area contributed by atoms with Gasteiger partial charge in [0, 0.05) is 11.0 Å². The molecule has 19 heavy (non-hydrogen) atoms. The van der Waals surface area contributed by atoms with Gasteiger partial charge in [-0.05, 0) is 37.0 Å². The largest absolute Gasteiger partial charge is 0.492 e. The highest BCUT2D eigenvalue weighted by Crippen LogP contribution is 2.27. The monoisotopic (exact) mass is 319 g/mol. The minimum atomic E-state index is 0.379. The van der Waals surface area contributed by atoms with E-state index >= 15 is 0 Å². The number of alkyl halides is 1. The highest BCUT2D eigenvalue weighted by atomic mass is 79.9. The molecule has 1 atom stereocenters. The molecule has 0 saturated carbocycles. The van der Waals surface area contributed by atoms with E-state index in [0.717, 1.165) is 18.6 Å². The molecule has 3 heteroatoms. The lowest BCUT2D eigenvalue weighted by Gasteiger charge is -2.10. The Morgan fingerprint density at radius 1 is 1.21 bits per heavy atom. The molecule has 2 nitrogen and oxygen atoms in total. The van der Waals surface area contributed by atoms with Crippen molar-refractivity contribution in [1.82, 2.24) is 4.98 Å². The molecule has 1 unspecified atom stereocenters. The maximum absolute atomic E-state index is 5.46. The van der Waals surface area contributed by atoms with Crippen LogP contribution in [0.25, 0.3) is 0 Å². The van der Waals surface area contributed by atoms with Gasteiger partial charge in [-0.3, -0.25) is 4.98 Å². The third-order valence-corrected chi connectivity index (χ3v) is 3.92. The Balaban J connectivity index is 1.93. The van der Waals surface area contributed by atoms with Crippen molar-refractivity contribution in [3.05, 3.63) is 59.9 Å². The number of benzene rings is 1. The second kappa shape index (κ2) is 7.29. The number of aromatic nitrogens is 1. The van der Waals surface area contributed by atoms with Crippen molar-refractivity contribution in [2.75, 3.05) is 6.61 Å². The fourth-order valence-electron chi connectivity index (χ4n) is 1.97. The van der Waals surface area contributed by atoms with Crippen molar-refractivity contribution >= 4 is 15.9 Å². The number of ether oxygens (including phenoxy) is 1. The molecule has 0 saturated heterocycles. The van der Waals surface area contributed by atoms with E-state index in [2.05, 4.69) is 51.2 Å². The molecule has 0 aliphatic rings. The smallest absolute Gasteiger partial charge is 0.137 e. The lowest BCUT2D eigenvalue weighted by Crippen LogP contribution is -1.96. The van der Waals surface area contributed by atoms with Crippen molar-refractivity contribution in [1.29, 1.82) is 0 Å². The van der Waals surface area contributed by atoms with Crippen molar-refractivity contribution in [3.63, 3.8) is 0 Å². The molecule has 1 aromatic carbocycles. The standard InChI is InChI=1S/C16H18BrNO/c1-2-19-15-10-13(11-18-12-15)8-9-16(17)14-6-4-3-5-7-14/h3-7,10-12,16H,2,8-9H2,1H3. The first-order valence-electron chi connectivity index (χ1n) is 6.55. The van der Waals surface area contributed by atoms with Crippen LogP contribution in [-0.2, 0) is 6.42 Å². The Hall–Kier alpha value is -1.35. The van der Waals surface area contributed by atoms with Gasteiger partial charge in [0.15, 0.2) is 0 Å². The number of hydrogen-bond acceptors (Lipinski definition) is 2. The summed E-state index contributed by atoms with van der Waals surface area (Å²) in [7, 11) is 0. The third kappa shape index (κ3) is 4.35. The second-order valence-electron chi connectivity index (χ2n) is 4.38. The first-order chi connectivity index (χ1) is 9.29. The molecule has 0 radical (unpaired) electrons. The summed E-state index contributed by atoms with van der Waals surface area (Å²) in [5.41, 5.74) is 2.53. The Kier molecular flexibility index (Phi) is 5.40. The zero-order chi connectivity index (χ0) is 13.5. The maximum atomic E-state index is 5.46. The van der Waals surface area contributed by atoms with Gasteiger partial charge >= 0.3 is 0 Å². The summed E-state index contributed by atoms with van der Waals surface area (Å²) < 4.78 is 5.46. The molecule has 0 N–H and O–H groups in total. The fourth-order valence-corrected chi connectivity index (χ4v) is 2.50. The number of nitrogens with zero attached hydrogens (tertiary/aromatic N) is 1. The Labute approximate surface area is 123 Å². The maximum Gasteiger partial charge on any atom is 0.137 e. The molecule has 1 heterocycles. The van der Waals surface area contributed by atoms with E-state index in [1.165, 1.54) is 11.1 Å². The van der Waals surface area contributed by atoms with Crippen LogP contribution in [0.1, 0.15) is 29.3 Å². The summed E-state index contributed by atoms with van der Waals surface area (Å²) in [5.74, 6) is 0.853. The normalized spacial score (nSPS) is 12.1. The lowest BCUT2D eigenvalue weighted by atomic mass is 10.1. The quantitative estimate of drug-likeness (QED) is 0.729. The Morgan fingerprint density at radius 3 is 2.74 bits per heavy atom. The van der Waals surface area contributed by atoms with Crippen molar-refractivity contribution in [2.24, 2.45) is 0 Å². The first kappa shape index (κ1) is 14.1. The number of aryl methyl sites for hydroxylation is 1. The SMILES string of the molecule is CCOc1cncc(CCC(Br)c2ccccc2)c1. The van der Waals surface area contributed by atoms with Gasteiger partial charge in [-0.15, -0.1) is 0 Å². The molecular weight excluding hydrogens is 302 g/mol. The molecule has 0 aliphatic carbocycles. The van der Waals surface area contributed by atoms with Crippen molar-refractivity contribution in [3.8, 4) is 5.75 Å². The van der Waals surface area contributed by atoms with E-state index in [-0.39, 0.29) is 0 Å². The number of hydrogen-bond donors (Lipinski definition) is 0. The number of rotatable bonds is 6. The summed E-state index contributed by atoms with van der Waals surface area (Å²) in [4.78, 5) is 4.59. The fraction of sp³-hybridized carbons (Fsp3) is 0.312. The van der Waals surface area contributed by atoms with Crippen LogP contribution >= 0.6 is 15.9 Å². The van der Waals surface area contributed by atoms with E-state index in [1.54, 1.807) is 6.20 Å². The van der Waals surface area contributed by atoms with E-state index in [1.807, 2.05) is 19.2 Å². The van der Waals surface area contributed by atoms with Gasteiger partial charge in [0.05, 0.1) is 12.8 Å². The van der Waals surface area contributed by atoms with Crippen LogP contribution in [0.15, 0.2) is 48.8 Å². The summed E-state index contributed by atoms with van der Waals surface area (Å²) in [5, 5.41) is 0. The van der Waals surface area contributed by atoms with Gasteiger partial charge in [-0.1, -0.05) is 46.3 Å². The molecule has 1 aromatic heterocycles. The molecule has 2 rings (SSSR count).